The molecule has 4 aromatic rings. The van der Waals surface area contributed by atoms with Gasteiger partial charge in [0.2, 0.25) is 0 Å². The molecule has 1 heterocycles. The van der Waals surface area contributed by atoms with E-state index >= 15 is 0 Å². The Morgan fingerprint density at radius 1 is 0.680 bits per heavy atom. The SMILES string of the molecule is COc1ccccc1N=Cc1cc(C(C)(C)C)cc(C(C)(C)C)c1[O][Sn]1[O]c2ccccc2N=Cc2cc(C(C)(C)C)cc(C(C)(C)C)c2[O]1. The molecule has 0 fully saturated rings. The first-order chi connectivity index (χ1) is 23.3. The quantitative estimate of drug-likeness (QED) is 0.149. The standard InChI is InChI=1S/C22H29NO2.C21H27NO2.Sn/c1-21(2,3)16-12-15(20(24)17(13-16)22(4,5)6)14-23-18-10-8-9-11-19(18)25-7;1-20(2,3)15-11-14(19(24)16(12-15)21(4,5)6)13-22-17-9-7-8-10-18(17)23;/h8-14,24H,1-7H3;7-13,23-24H,1-6H3;/q;;+3/p-3. The molecule has 0 saturated heterocycles. The van der Waals surface area contributed by atoms with E-state index in [-0.39, 0.29) is 21.7 Å². The molecule has 6 nitrogen and oxygen atoms in total. The number of methoxy groups -OCH3 is 1. The van der Waals surface area contributed by atoms with E-state index in [1.165, 1.54) is 11.1 Å². The summed E-state index contributed by atoms with van der Waals surface area (Å²) in [5.41, 5.74) is 7.17. The Balaban J connectivity index is 1.75. The van der Waals surface area contributed by atoms with E-state index in [9.17, 15) is 0 Å². The summed E-state index contributed by atoms with van der Waals surface area (Å²) in [7, 11) is 1.66. The van der Waals surface area contributed by atoms with Gasteiger partial charge in [-0.05, 0) is 0 Å². The van der Waals surface area contributed by atoms with Gasteiger partial charge in [-0.15, -0.1) is 0 Å². The average molecular weight is 781 g/mol. The molecule has 0 aliphatic carbocycles. The number of rotatable bonds is 5. The summed E-state index contributed by atoms with van der Waals surface area (Å²) in [6, 6.07) is 24.6. The first kappa shape index (κ1) is 37.5. The number of hydrogen-bond acceptors (Lipinski definition) is 6. The van der Waals surface area contributed by atoms with Crippen LogP contribution in [0.25, 0.3) is 0 Å². The van der Waals surface area contributed by atoms with Crippen LogP contribution in [0, 0.1) is 0 Å². The molecule has 1 radical (unpaired) electrons. The van der Waals surface area contributed by atoms with Crippen molar-refractivity contribution in [2.24, 2.45) is 9.98 Å². The number of nitrogens with zero attached hydrogens (tertiary/aromatic N) is 2. The Morgan fingerprint density at radius 2 is 1.28 bits per heavy atom. The van der Waals surface area contributed by atoms with Gasteiger partial charge in [-0.1, -0.05) is 0 Å². The zero-order valence-electron chi connectivity index (χ0n) is 32.1. The molecule has 4 aromatic carbocycles. The van der Waals surface area contributed by atoms with Crippen molar-refractivity contribution in [3.05, 3.63) is 106 Å². The van der Waals surface area contributed by atoms with Crippen LogP contribution >= 0.6 is 0 Å². The second-order valence-electron chi connectivity index (χ2n) is 17.1. The summed E-state index contributed by atoms with van der Waals surface area (Å²) in [4.78, 5) is 9.88. The molecule has 0 spiro atoms. The van der Waals surface area contributed by atoms with Crippen molar-refractivity contribution in [1.82, 2.24) is 0 Å². The van der Waals surface area contributed by atoms with E-state index in [4.69, 9.17) is 23.9 Å². The normalized spacial score (nSPS) is 14.2. The maximum absolute atomic E-state index is 7.20. The average Bonchev–Trinajstić information content (AvgIpc) is 3.09. The molecule has 263 valence electrons. The molecule has 0 saturated carbocycles. The molecule has 0 amide bonds. The van der Waals surface area contributed by atoms with E-state index < -0.39 is 21.0 Å². The van der Waals surface area contributed by atoms with Crippen LogP contribution in [0.5, 0.6) is 23.0 Å². The third-order valence-electron chi connectivity index (χ3n) is 8.78. The van der Waals surface area contributed by atoms with Crippen molar-refractivity contribution in [2.75, 3.05) is 7.11 Å². The molecule has 5 rings (SSSR count). The number of aliphatic imine (C=N–C) groups is 2. The van der Waals surface area contributed by atoms with Crippen molar-refractivity contribution in [2.45, 2.75) is 105 Å². The predicted molar refractivity (Wildman–Crippen MR) is 209 cm³/mol. The van der Waals surface area contributed by atoms with Gasteiger partial charge in [0.1, 0.15) is 0 Å². The molecule has 1 aliphatic rings. The first-order valence-electron chi connectivity index (χ1n) is 17.3. The van der Waals surface area contributed by atoms with Crippen molar-refractivity contribution in [3.63, 3.8) is 0 Å². The van der Waals surface area contributed by atoms with Crippen molar-refractivity contribution in [1.29, 1.82) is 0 Å². The second-order valence-corrected chi connectivity index (χ2v) is 20.3. The van der Waals surface area contributed by atoms with Crippen molar-refractivity contribution >= 4 is 44.8 Å². The van der Waals surface area contributed by atoms with Crippen LogP contribution in [0.15, 0.2) is 82.8 Å². The fourth-order valence-corrected chi connectivity index (χ4v) is 9.30. The van der Waals surface area contributed by atoms with Crippen LogP contribution in [-0.2, 0) is 21.7 Å². The Bertz CT molecular complexity index is 1920. The van der Waals surface area contributed by atoms with E-state index in [0.29, 0.717) is 11.5 Å². The van der Waals surface area contributed by atoms with Gasteiger partial charge in [-0.25, -0.2) is 0 Å². The summed E-state index contributed by atoms with van der Waals surface area (Å²) in [6.45, 7) is 26.7. The van der Waals surface area contributed by atoms with Crippen LogP contribution in [0.2, 0.25) is 0 Å². The first-order valence-corrected chi connectivity index (χ1v) is 20.8. The maximum atomic E-state index is 7.20. The van der Waals surface area contributed by atoms with Gasteiger partial charge >= 0.3 is 310 Å². The Kier molecular flexibility index (Phi) is 10.6. The molecule has 0 N–H and O–H groups in total. The third-order valence-corrected chi connectivity index (χ3v) is 12.0. The number of ether oxygens (including phenoxy) is 1. The van der Waals surface area contributed by atoms with E-state index in [0.717, 1.165) is 45.1 Å². The van der Waals surface area contributed by atoms with Crippen molar-refractivity contribution in [3.8, 4) is 23.0 Å². The van der Waals surface area contributed by atoms with Crippen LogP contribution in [0.1, 0.15) is 116 Å². The number of fused-ring (bicyclic) bond motifs is 2. The molecule has 1 aliphatic heterocycles. The van der Waals surface area contributed by atoms with Gasteiger partial charge in [0.05, 0.1) is 0 Å². The van der Waals surface area contributed by atoms with Gasteiger partial charge < -0.3 is 0 Å². The van der Waals surface area contributed by atoms with E-state index in [1.54, 1.807) is 7.11 Å². The molecular weight excluding hydrogens is 727 g/mol. The fraction of sp³-hybridized carbons (Fsp3) is 0.395. The molecule has 0 bridgehead atoms. The summed E-state index contributed by atoms with van der Waals surface area (Å²) >= 11 is -3.84. The zero-order valence-corrected chi connectivity index (χ0v) is 35.0. The van der Waals surface area contributed by atoms with E-state index in [2.05, 4.69) is 107 Å². The Hall–Kier alpha value is -3.78. The van der Waals surface area contributed by atoms with Gasteiger partial charge in [-0.3, -0.25) is 0 Å². The minimum absolute atomic E-state index is 0.0696. The summed E-state index contributed by atoms with van der Waals surface area (Å²) < 4.78 is 26.8. The predicted octanol–water partition coefficient (Wildman–Crippen LogP) is 11.2. The third kappa shape index (κ3) is 8.56. The summed E-state index contributed by atoms with van der Waals surface area (Å²) in [6.07, 6.45) is 3.80. The van der Waals surface area contributed by atoms with E-state index in [1.807, 2.05) is 61.0 Å². The van der Waals surface area contributed by atoms with Crippen LogP contribution < -0.4 is 14.0 Å². The fourth-order valence-electron chi connectivity index (χ4n) is 5.69. The molecule has 0 aromatic heterocycles. The Morgan fingerprint density at radius 3 is 1.92 bits per heavy atom. The zero-order chi connectivity index (χ0) is 36.6. The number of hydrogen-bond donors (Lipinski definition) is 0. The monoisotopic (exact) mass is 781 g/mol. The van der Waals surface area contributed by atoms with Crippen LogP contribution in [0.4, 0.5) is 11.4 Å². The van der Waals surface area contributed by atoms with Crippen LogP contribution in [0.3, 0.4) is 0 Å². The van der Waals surface area contributed by atoms with Crippen LogP contribution in [-0.4, -0.2) is 40.5 Å². The van der Waals surface area contributed by atoms with Gasteiger partial charge in [-0.2, -0.15) is 0 Å². The molecule has 0 atom stereocenters. The summed E-state index contributed by atoms with van der Waals surface area (Å²) in [5.74, 6) is 2.84. The molecule has 50 heavy (non-hydrogen) atoms. The molecule has 0 unspecified atom stereocenters. The van der Waals surface area contributed by atoms with Gasteiger partial charge in [0, 0.05) is 0 Å². The van der Waals surface area contributed by atoms with Gasteiger partial charge in [0.15, 0.2) is 0 Å². The van der Waals surface area contributed by atoms with Gasteiger partial charge in [0.25, 0.3) is 0 Å². The molecule has 7 heteroatoms. The molecular formula is C43H53N2O4Sn. The number of benzene rings is 4. The topological polar surface area (TPSA) is 61.6 Å². The number of para-hydroxylation sites is 4. The Labute approximate surface area is 308 Å². The van der Waals surface area contributed by atoms with Crippen molar-refractivity contribution < 1.29 is 14.0 Å². The second kappa shape index (κ2) is 14.1. The summed E-state index contributed by atoms with van der Waals surface area (Å²) in [5, 5.41) is 0. The minimum atomic E-state index is -3.84.